The maximum atomic E-state index is 12.5. The zero-order chi connectivity index (χ0) is 20.2. The largest absolute Gasteiger partial charge is 0.272 e. The maximum Gasteiger partial charge on any atom is 0.255 e. The summed E-state index contributed by atoms with van der Waals surface area (Å²) in [4.78, 5) is 11.8. The maximum absolute atomic E-state index is 12.5. The second-order valence-corrected chi connectivity index (χ2v) is 8.97. The van der Waals surface area contributed by atoms with Gasteiger partial charge >= 0.3 is 0 Å². The summed E-state index contributed by atoms with van der Waals surface area (Å²) in [5, 5.41) is 4.71. The topological polar surface area (TPSA) is 78.8 Å². The van der Waals surface area contributed by atoms with Crippen LogP contribution in [-0.4, -0.2) is 38.4 Å². The van der Waals surface area contributed by atoms with Crippen molar-refractivity contribution in [3.05, 3.63) is 62.1 Å². The van der Waals surface area contributed by atoms with E-state index in [1.54, 1.807) is 18.2 Å². The number of rotatable bonds is 6. The van der Waals surface area contributed by atoms with Crippen molar-refractivity contribution in [3.8, 4) is 0 Å². The molecule has 0 saturated carbocycles. The van der Waals surface area contributed by atoms with Crippen LogP contribution in [0.4, 0.5) is 0 Å². The van der Waals surface area contributed by atoms with Crippen LogP contribution in [0.5, 0.6) is 0 Å². The Morgan fingerprint density at radius 3 is 2.41 bits per heavy atom. The van der Waals surface area contributed by atoms with Crippen molar-refractivity contribution in [2.45, 2.75) is 4.90 Å². The van der Waals surface area contributed by atoms with Gasteiger partial charge in [0.25, 0.3) is 5.91 Å². The van der Waals surface area contributed by atoms with Crippen LogP contribution in [0, 0.1) is 0 Å². The van der Waals surface area contributed by atoms with E-state index in [0.717, 1.165) is 4.31 Å². The van der Waals surface area contributed by atoms with Crippen LogP contribution < -0.4 is 5.43 Å². The molecule has 11 heteroatoms. The molecule has 0 aliphatic heterocycles. The number of amides is 1. The van der Waals surface area contributed by atoms with Gasteiger partial charge in [0.2, 0.25) is 10.0 Å². The van der Waals surface area contributed by atoms with Crippen molar-refractivity contribution >= 4 is 68.5 Å². The van der Waals surface area contributed by atoms with Gasteiger partial charge in [0, 0.05) is 12.1 Å². The molecule has 0 atom stereocenters. The minimum atomic E-state index is -4.00. The third-order valence-corrected chi connectivity index (χ3v) is 6.55. The van der Waals surface area contributed by atoms with E-state index >= 15 is 0 Å². The lowest BCUT2D eigenvalue weighted by atomic mass is 10.2. The standard InChI is InChI=1S/C16H13Cl4N3O3S/c1-23(27(25,26)15-7-11(17)3-5-13(15)19)9-16(24)22-21-8-10-2-4-12(18)14(20)6-10/h2-8H,9H2,1H3,(H,22,24)/b21-8-. The molecular weight excluding hydrogens is 456 g/mol. The Labute approximate surface area is 176 Å². The number of likely N-dealkylation sites (N-methyl/N-ethyl adjacent to an activating group) is 1. The number of hydrogen-bond donors (Lipinski definition) is 1. The monoisotopic (exact) mass is 467 g/mol. The zero-order valence-corrected chi connectivity index (χ0v) is 17.6. The lowest BCUT2D eigenvalue weighted by Crippen LogP contribution is -2.36. The minimum absolute atomic E-state index is 0.00398. The highest BCUT2D eigenvalue weighted by atomic mass is 35.5. The second kappa shape index (κ2) is 9.23. The van der Waals surface area contributed by atoms with Gasteiger partial charge in [-0.15, -0.1) is 0 Å². The van der Waals surface area contributed by atoms with Crippen molar-refractivity contribution in [1.82, 2.24) is 9.73 Å². The Morgan fingerprint density at radius 2 is 1.74 bits per heavy atom. The molecule has 0 radical (unpaired) electrons. The molecule has 0 aliphatic rings. The molecule has 0 unspecified atom stereocenters. The number of nitrogens with one attached hydrogen (secondary N) is 1. The van der Waals surface area contributed by atoms with Gasteiger partial charge in [0.1, 0.15) is 4.90 Å². The Kier molecular flexibility index (Phi) is 7.50. The van der Waals surface area contributed by atoms with E-state index in [2.05, 4.69) is 10.5 Å². The molecular formula is C16H13Cl4N3O3S. The zero-order valence-electron chi connectivity index (χ0n) is 13.8. The molecule has 2 aromatic carbocycles. The van der Waals surface area contributed by atoms with Gasteiger partial charge in [-0.1, -0.05) is 52.5 Å². The van der Waals surface area contributed by atoms with Gasteiger partial charge in [-0.25, -0.2) is 13.8 Å². The van der Waals surface area contributed by atoms with Crippen molar-refractivity contribution in [3.63, 3.8) is 0 Å². The number of halogens is 4. The number of hydrogen-bond acceptors (Lipinski definition) is 4. The van der Waals surface area contributed by atoms with Gasteiger partial charge in [-0.3, -0.25) is 4.79 Å². The molecule has 27 heavy (non-hydrogen) atoms. The van der Waals surface area contributed by atoms with Crippen molar-refractivity contribution in [2.24, 2.45) is 5.10 Å². The average Bonchev–Trinajstić information content (AvgIpc) is 2.60. The SMILES string of the molecule is CN(CC(=O)N/N=C\c1ccc(Cl)c(Cl)c1)S(=O)(=O)c1cc(Cl)ccc1Cl. The third kappa shape index (κ3) is 5.81. The molecule has 0 aliphatic carbocycles. The average molecular weight is 469 g/mol. The Balaban J connectivity index is 2.03. The van der Waals surface area contributed by atoms with Crippen LogP contribution in [0.2, 0.25) is 20.1 Å². The first kappa shape index (κ1) is 21.9. The smallest absolute Gasteiger partial charge is 0.255 e. The molecule has 1 N–H and O–H groups in total. The van der Waals surface area contributed by atoms with Crippen LogP contribution in [-0.2, 0) is 14.8 Å². The first-order valence-corrected chi connectivity index (χ1v) is 10.2. The molecule has 0 fully saturated rings. The number of sulfonamides is 1. The van der Waals surface area contributed by atoms with Crippen molar-refractivity contribution in [2.75, 3.05) is 13.6 Å². The molecule has 0 spiro atoms. The normalized spacial score (nSPS) is 11.9. The van der Waals surface area contributed by atoms with Gasteiger partial charge in [0.15, 0.2) is 0 Å². The second-order valence-electron chi connectivity index (χ2n) is 5.30. The first-order chi connectivity index (χ1) is 12.6. The summed E-state index contributed by atoms with van der Waals surface area (Å²) in [6, 6.07) is 8.86. The van der Waals surface area contributed by atoms with Crippen LogP contribution >= 0.6 is 46.4 Å². The van der Waals surface area contributed by atoms with E-state index in [1.807, 2.05) is 0 Å². The molecule has 2 aromatic rings. The van der Waals surface area contributed by atoms with E-state index < -0.39 is 22.5 Å². The molecule has 0 aromatic heterocycles. The van der Waals surface area contributed by atoms with Crippen LogP contribution in [0.15, 0.2) is 46.4 Å². The lowest BCUT2D eigenvalue weighted by molar-refractivity contribution is -0.121. The molecule has 2 rings (SSSR count). The molecule has 6 nitrogen and oxygen atoms in total. The number of hydrazone groups is 1. The fraction of sp³-hybridized carbons (Fsp3) is 0.125. The molecule has 144 valence electrons. The van der Waals surface area contributed by atoms with Gasteiger partial charge in [-0.05, 0) is 35.9 Å². The summed E-state index contributed by atoms with van der Waals surface area (Å²) in [5.74, 6) is -0.643. The highest BCUT2D eigenvalue weighted by molar-refractivity contribution is 7.89. The molecule has 0 bridgehead atoms. The predicted octanol–water partition coefficient (Wildman–Crippen LogP) is 4.07. The summed E-state index contributed by atoms with van der Waals surface area (Å²) in [6.45, 7) is -0.468. The summed E-state index contributed by atoms with van der Waals surface area (Å²) < 4.78 is 25.9. The summed E-state index contributed by atoms with van der Waals surface area (Å²) in [7, 11) is -2.76. The van der Waals surface area contributed by atoms with Crippen molar-refractivity contribution < 1.29 is 13.2 Å². The fourth-order valence-electron chi connectivity index (χ4n) is 1.94. The molecule has 0 heterocycles. The van der Waals surface area contributed by atoms with Gasteiger partial charge < -0.3 is 0 Å². The van der Waals surface area contributed by atoms with Crippen LogP contribution in [0.25, 0.3) is 0 Å². The third-order valence-electron chi connectivity index (χ3n) is 3.29. The van der Waals surface area contributed by atoms with Crippen LogP contribution in [0.1, 0.15) is 5.56 Å². The molecule has 1 amide bonds. The van der Waals surface area contributed by atoms with E-state index in [-0.39, 0.29) is 14.9 Å². The summed E-state index contributed by atoms with van der Waals surface area (Å²) in [6.07, 6.45) is 1.35. The summed E-state index contributed by atoms with van der Waals surface area (Å²) >= 11 is 23.4. The summed E-state index contributed by atoms with van der Waals surface area (Å²) in [5.41, 5.74) is 2.84. The first-order valence-electron chi connectivity index (χ1n) is 7.29. The van der Waals surface area contributed by atoms with E-state index in [9.17, 15) is 13.2 Å². The van der Waals surface area contributed by atoms with E-state index in [0.29, 0.717) is 15.6 Å². The number of benzene rings is 2. The van der Waals surface area contributed by atoms with E-state index in [4.69, 9.17) is 46.4 Å². The Hall–Kier alpha value is -1.35. The number of carbonyl (C=O) groups is 1. The Bertz CT molecular complexity index is 996. The highest BCUT2D eigenvalue weighted by Crippen LogP contribution is 2.27. The van der Waals surface area contributed by atoms with Gasteiger partial charge in [-0.2, -0.15) is 9.41 Å². The quantitative estimate of drug-likeness (QED) is 0.512. The van der Waals surface area contributed by atoms with E-state index in [1.165, 1.54) is 31.5 Å². The fourth-order valence-corrected chi connectivity index (χ4v) is 4.10. The van der Waals surface area contributed by atoms with Crippen molar-refractivity contribution in [1.29, 1.82) is 0 Å². The molecule has 0 saturated heterocycles. The predicted molar refractivity (Wildman–Crippen MR) is 108 cm³/mol. The Morgan fingerprint density at radius 1 is 1.07 bits per heavy atom. The number of carbonyl (C=O) groups excluding carboxylic acids is 1. The minimum Gasteiger partial charge on any atom is -0.272 e. The van der Waals surface area contributed by atoms with Crippen LogP contribution in [0.3, 0.4) is 0 Å². The van der Waals surface area contributed by atoms with Gasteiger partial charge in [0.05, 0.1) is 27.8 Å². The lowest BCUT2D eigenvalue weighted by Gasteiger charge is -2.17. The number of nitrogens with zero attached hydrogens (tertiary/aromatic N) is 2. The highest BCUT2D eigenvalue weighted by Gasteiger charge is 2.25.